The maximum absolute atomic E-state index is 9.53. The molecule has 0 aromatic carbocycles. The fourth-order valence-electron chi connectivity index (χ4n) is 0. The molecule has 0 aliphatic heterocycles. The van der Waals surface area contributed by atoms with Crippen LogP contribution >= 0.6 is 17.6 Å². The lowest BCUT2D eigenvalue weighted by atomic mass is 13.9. The summed E-state index contributed by atoms with van der Waals surface area (Å²) < 4.78 is 13.5. The number of rotatable bonds is 1. The molecule has 5 heteroatoms. The smallest absolute Gasteiger partial charge is 0.258 e. The van der Waals surface area contributed by atoms with Crippen LogP contribution in [-0.2, 0) is 8.88 Å². The van der Waals surface area contributed by atoms with Crippen molar-refractivity contribution in [1.29, 1.82) is 0 Å². The summed E-state index contributed by atoms with van der Waals surface area (Å²) in [6.45, 7) is 0. The molecule has 2 N–H and O–H groups in total. The molecule has 0 heterocycles. The second-order valence-electron chi connectivity index (χ2n) is 0.437. The monoisotopic (exact) mass is 113 g/mol. The third-order valence-corrected chi connectivity index (χ3v) is 1.05. The molecule has 0 aromatic heterocycles. The van der Waals surface area contributed by atoms with Crippen molar-refractivity contribution in [1.82, 2.24) is 0 Å². The van der Waals surface area contributed by atoms with E-state index in [2.05, 4.69) is 9.81 Å². The van der Waals surface area contributed by atoms with Crippen molar-refractivity contribution in [2.75, 3.05) is 0 Å². The first kappa shape index (κ1) is 5.58. The zero-order chi connectivity index (χ0) is 4.28. The van der Waals surface area contributed by atoms with Crippen molar-refractivity contribution in [2.24, 2.45) is 5.50 Å². The Hall–Kier alpha value is 0.580. The van der Waals surface area contributed by atoms with Crippen LogP contribution < -0.4 is 5.50 Å². The van der Waals surface area contributed by atoms with Crippen LogP contribution in [0.15, 0.2) is 0 Å². The second kappa shape index (κ2) is 2.80. The first-order chi connectivity index (χ1) is 2.27. The van der Waals surface area contributed by atoms with Crippen molar-refractivity contribution < 1.29 is 8.88 Å². The summed E-state index contributed by atoms with van der Waals surface area (Å²) in [5.41, 5.74) is 4.59. The van der Waals surface area contributed by atoms with Crippen molar-refractivity contribution in [3.05, 3.63) is 0 Å². The highest BCUT2D eigenvalue weighted by Crippen LogP contribution is 2.12. The molecule has 3 nitrogen and oxygen atoms in total. The molecule has 0 saturated carbocycles. The summed E-state index contributed by atoms with van der Waals surface area (Å²) in [4.78, 5) is 0. The lowest BCUT2D eigenvalue weighted by Crippen LogP contribution is -1.71. The zero-order valence-corrected chi connectivity index (χ0v) is 4.63. The van der Waals surface area contributed by atoms with Gasteiger partial charge in [-0.05, 0) is 0 Å². The molecular formula is H5NO2P2. The molecule has 0 fully saturated rings. The van der Waals surface area contributed by atoms with Crippen LogP contribution in [0.3, 0.4) is 0 Å². The highest BCUT2D eigenvalue weighted by Gasteiger charge is 1.72. The summed E-state index contributed by atoms with van der Waals surface area (Å²) in [6, 6.07) is 0. The molecule has 0 amide bonds. The maximum atomic E-state index is 9.53. The summed E-state index contributed by atoms with van der Waals surface area (Å²) in [5, 5.41) is 0. The van der Waals surface area contributed by atoms with E-state index in [-0.39, 0.29) is 0 Å². The van der Waals surface area contributed by atoms with Crippen LogP contribution in [0.2, 0.25) is 0 Å². The molecule has 0 aromatic rings. The summed E-state index contributed by atoms with van der Waals surface area (Å²) in [7, 11) is -0.359. The van der Waals surface area contributed by atoms with E-state index in [1.165, 1.54) is 0 Å². The maximum Gasteiger partial charge on any atom is 0.258 e. The van der Waals surface area contributed by atoms with Crippen LogP contribution in [-0.4, -0.2) is 0 Å². The van der Waals surface area contributed by atoms with Crippen molar-refractivity contribution >= 4 is 17.6 Å². The SMILES string of the molecule is N[PH](=O)OP. The minimum atomic E-state index is -2.16. The van der Waals surface area contributed by atoms with Gasteiger partial charge in [-0.3, -0.25) is 10.1 Å². The predicted molar refractivity (Wildman–Crippen MR) is 24.0 cm³/mol. The van der Waals surface area contributed by atoms with Gasteiger partial charge in [0.05, 0.1) is 0 Å². The molecule has 2 unspecified atom stereocenters. The minimum Gasteiger partial charge on any atom is -0.303 e. The van der Waals surface area contributed by atoms with E-state index < -0.39 is 8.18 Å². The average molecular weight is 113 g/mol. The molecule has 0 spiro atoms. The third kappa shape index (κ3) is 4.58. The van der Waals surface area contributed by atoms with Crippen LogP contribution in [0.4, 0.5) is 0 Å². The van der Waals surface area contributed by atoms with Gasteiger partial charge in [0.1, 0.15) is 0 Å². The number of nitrogens with two attached hydrogens (primary N) is 1. The van der Waals surface area contributed by atoms with Crippen LogP contribution in [0, 0.1) is 0 Å². The Morgan fingerprint density at radius 3 is 2.20 bits per heavy atom. The number of hydrogen-bond donors (Lipinski definition) is 1. The summed E-state index contributed by atoms with van der Waals surface area (Å²) in [5.74, 6) is 0. The Morgan fingerprint density at radius 1 is 2.00 bits per heavy atom. The van der Waals surface area contributed by atoms with Gasteiger partial charge >= 0.3 is 0 Å². The Bertz CT molecular complexity index is 42.9. The van der Waals surface area contributed by atoms with Crippen molar-refractivity contribution in [3.63, 3.8) is 0 Å². The highest BCUT2D eigenvalue weighted by molar-refractivity contribution is 7.42. The van der Waals surface area contributed by atoms with E-state index in [0.29, 0.717) is 0 Å². The Labute approximate surface area is 33.1 Å². The largest absolute Gasteiger partial charge is 0.303 e. The Morgan fingerprint density at radius 2 is 2.20 bits per heavy atom. The quantitative estimate of drug-likeness (QED) is 0.492. The van der Waals surface area contributed by atoms with Gasteiger partial charge in [0.2, 0.25) is 0 Å². The molecule has 5 heavy (non-hydrogen) atoms. The summed E-state index contributed by atoms with van der Waals surface area (Å²) in [6.07, 6.45) is 0. The Kier molecular flexibility index (Phi) is 3.12. The second-order valence-corrected chi connectivity index (χ2v) is 2.02. The van der Waals surface area contributed by atoms with Gasteiger partial charge in [-0.25, -0.2) is 0 Å². The van der Waals surface area contributed by atoms with Crippen LogP contribution in [0.1, 0.15) is 0 Å². The van der Waals surface area contributed by atoms with E-state index in [0.717, 1.165) is 0 Å². The normalized spacial score (nSPS) is 14.8. The topological polar surface area (TPSA) is 52.3 Å². The van der Waals surface area contributed by atoms with Crippen LogP contribution in [0.25, 0.3) is 0 Å². The van der Waals surface area contributed by atoms with Crippen LogP contribution in [0.5, 0.6) is 0 Å². The van der Waals surface area contributed by atoms with E-state index in [4.69, 9.17) is 0 Å². The van der Waals surface area contributed by atoms with E-state index in [9.17, 15) is 4.57 Å². The lowest BCUT2D eigenvalue weighted by Gasteiger charge is -1.79. The van der Waals surface area contributed by atoms with Gasteiger partial charge in [0.25, 0.3) is 8.18 Å². The van der Waals surface area contributed by atoms with Crippen molar-refractivity contribution in [2.45, 2.75) is 0 Å². The van der Waals surface area contributed by atoms with Gasteiger partial charge in [-0.2, -0.15) is 0 Å². The molecule has 0 bridgehead atoms. The highest BCUT2D eigenvalue weighted by atomic mass is 31.2. The first-order valence-corrected chi connectivity index (χ1v) is 2.80. The molecular weight excluding hydrogens is 108 g/mol. The van der Waals surface area contributed by atoms with E-state index in [1.54, 1.807) is 9.47 Å². The van der Waals surface area contributed by atoms with Crippen molar-refractivity contribution in [3.8, 4) is 0 Å². The molecule has 0 radical (unpaired) electrons. The predicted octanol–water partition coefficient (Wildman–Crippen LogP) is 0.141. The molecule has 2 atom stereocenters. The molecule has 32 valence electrons. The molecule has 0 aliphatic carbocycles. The Balaban J connectivity index is 2.85. The molecule has 0 rings (SSSR count). The van der Waals surface area contributed by atoms with Gasteiger partial charge in [-0.1, -0.05) is 0 Å². The van der Waals surface area contributed by atoms with Gasteiger partial charge in [-0.15, -0.1) is 0 Å². The third-order valence-electron chi connectivity index (χ3n) is 0.116. The standard InChI is InChI=1S/H5NO2P2/c1-5(2)3-4/h5H,4H2,(H2,1,2). The average Bonchev–Trinajstić information content (AvgIpc) is 1.38. The number of hydrogen-bond acceptors (Lipinski definition) is 2. The first-order valence-electron chi connectivity index (χ1n) is 0.933. The fraction of sp³-hybridized carbons (Fsp3) is 0. The molecule has 0 aliphatic rings. The molecule has 0 saturated heterocycles. The van der Waals surface area contributed by atoms with Gasteiger partial charge in [0.15, 0.2) is 0 Å². The summed E-state index contributed by atoms with van der Waals surface area (Å²) >= 11 is 0. The minimum absolute atomic E-state index is 1.80. The zero-order valence-electron chi connectivity index (χ0n) is 2.47. The van der Waals surface area contributed by atoms with Gasteiger partial charge in [0, 0.05) is 9.47 Å². The fourth-order valence-corrected chi connectivity index (χ4v) is 0. The van der Waals surface area contributed by atoms with Gasteiger partial charge < -0.3 is 4.31 Å². The van der Waals surface area contributed by atoms with E-state index >= 15 is 0 Å². The lowest BCUT2D eigenvalue weighted by molar-refractivity contribution is 0.535. The van der Waals surface area contributed by atoms with E-state index in [1.807, 2.05) is 0 Å².